The van der Waals surface area contributed by atoms with E-state index in [1.54, 1.807) is 0 Å². The number of rotatable bonds is 4. The van der Waals surface area contributed by atoms with Crippen LogP contribution >= 0.6 is 15.9 Å². The van der Waals surface area contributed by atoms with Crippen LogP contribution in [0.4, 0.5) is 0 Å². The standard InChI is InChI=1S/C7H12BrN/c1-2-4-7(8)5-3-6-9/h7H,2-5H2,1H3. The zero-order valence-corrected chi connectivity index (χ0v) is 7.32. The fourth-order valence-corrected chi connectivity index (χ4v) is 1.37. The van der Waals surface area contributed by atoms with Gasteiger partial charge < -0.3 is 0 Å². The van der Waals surface area contributed by atoms with Crippen molar-refractivity contribution in [3.8, 4) is 6.07 Å². The van der Waals surface area contributed by atoms with Crippen molar-refractivity contribution in [2.45, 2.75) is 37.4 Å². The molecule has 0 aliphatic heterocycles. The van der Waals surface area contributed by atoms with Gasteiger partial charge in [-0.15, -0.1) is 0 Å². The largest absolute Gasteiger partial charge is 0.198 e. The molecule has 0 heterocycles. The van der Waals surface area contributed by atoms with Crippen LogP contribution in [0.1, 0.15) is 32.6 Å². The Labute approximate surface area is 65.2 Å². The Bertz CT molecular complexity index is 95.6. The van der Waals surface area contributed by atoms with Crippen molar-refractivity contribution >= 4 is 15.9 Å². The van der Waals surface area contributed by atoms with Crippen LogP contribution in [0.3, 0.4) is 0 Å². The minimum Gasteiger partial charge on any atom is -0.198 e. The molecule has 9 heavy (non-hydrogen) atoms. The molecular formula is C7H12BrN. The molecule has 0 bridgehead atoms. The van der Waals surface area contributed by atoms with Crippen LogP contribution in [0.15, 0.2) is 0 Å². The third-order valence-electron chi connectivity index (χ3n) is 1.17. The highest BCUT2D eigenvalue weighted by Gasteiger charge is 1.99. The van der Waals surface area contributed by atoms with Crippen LogP contribution < -0.4 is 0 Å². The first-order chi connectivity index (χ1) is 4.31. The van der Waals surface area contributed by atoms with Crippen molar-refractivity contribution in [3.63, 3.8) is 0 Å². The van der Waals surface area contributed by atoms with E-state index in [2.05, 4.69) is 28.9 Å². The number of nitriles is 1. The molecular weight excluding hydrogens is 178 g/mol. The zero-order valence-electron chi connectivity index (χ0n) is 5.73. The van der Waals surface area contributed by atoms with Gasteiger partial charge >= 0.3 is 0 Å². The van der Waals surface area contributed by atoms with E-state index >= 15 is 0 Å². The minimum absolute atomic E-state index is 0.558. The quantitative estimate of drug-likeness (QED) is 0.625. The second-order valence-electron chi connectivity index (χ2n) is 2.08. The van der Waals surface area contributed by atoms with E-state index in [9.17, 15) is 0 Å². The summed E-state index contributed by atoms with van der Waals surface area (Å²) in [6.07, 6.45) is 4.04. The van der Waals surface area contributed by atoms with E-state index in [0.29, 0.717) is 11.2 Å². The molecule has 1 unspecified atom stereocenters. The average molecular weight is 190 g/mol. The molecule has 0 aromatic carbocycles. The molecule has 0 aromatic rings. The molecule has 0 aliphatic carbocycles. The molecule has 0 amide bonds. The van der Waals surface area contributed by atoms with Crippen LogP contribution in [0.25, 0.3) is 0 Å². The Kier molecular flexibility index (Phi) is 6.08. The monoisotopic (exact) mass is 189 g/mol. The summed E-state index contributed by atoms with van der Waals surface area (Å²) in [5.41, 5.74) is 0. The maximum Gasteiger partial charge on any atom is 0.0622 e. The Morgan fingerprint density at radius 3 is 2.67 bits per heavy atom. The van der Waals surface area contributed by atoms with Gasteiger partial charge in [0.15, 0.2) is 0 Å². The molecule has 52 valence electrons. The van der Waals surface area contributed by atoms with Crippen LogP contribution in [0, 0.1) is 11.3 Å². The fourth-order valence-electron chi connectivity index (χ4n) is 0.679. The Hall–Kier alpha value is -0.0300. The summed E-state index contributed by atoms with van der Waals surface area (Å²) in [6, 6.07) is 2.13. The molecule has 1 nitrogen and oxygen atoms in total. The summed E-state index contributed by atoms with van der Waals surface area (Å²) < 4.78 is 0. The van der Waals surface area contributed by atoms with Gasteiger partial charge in [0, 0.05) is 11.2 Å². The van der Waals surface area contributed by atoms with E-state index in [0.717, 1.165) is 6.42 Å². The molecule has 0 saturated heterocycles. The highest BCUT2D eigenvalue weighted by Crippen LogP contribution is 2.13. The summed E-state index contributed by atoms with van der Waals surface area (Å²) in [5.74, 6) is 0. The normalized spacial score (nSPS) is 12.6. The number of halogens is 1. The van der Waals surface area contributed by atoms with E-state index in [4.69, 9.17) is 5.26 Å². The minimum atomic E-state index is 0.558. The van der Waals surface area contributed by atoms with Gasteiger partial charge in [0.25, 0.3) is 0 Å². The topological polar surface area (TPSA) is 23.8 Å². The highest BCUT2D eigenvalue weighted by molar-refractivity contribution is 9.09. The van der Waals surface area contributed by atoms with Gasteiger partial charge in [0.1, 0.15) is 0 Å². The van der Waals surface area contributed by atoms with Crippen LogP contribution in [0.2, 0.25) is 0 Å². The average Bonchev–Trinajstić information content (AvgIpc) is 1.85. The first-order valence-corrected chi connectivity index (χ1v) is 4.23. The number of nitrogens with zero attached hydrogens (tertiary/aromatic N) is 1. The van der Waals surface area contributed by atoms with Gasteiger partial charge in [-0.1, -0.05) is 29.3 Å². The number of alkyl halides is 1. The lowest BCUT2D eigenvalue weighted by atomic mass is 10.2. The van der Waals surface area contributed by atoms with E-state index < -0.39 is 0 Å². The van der Waals surface area contributed by atoms with Crippen molar-refractivity contribution in [1.29, 1.82) is 5.26 Å². The van der Waals surface area contributed by atoms with Gasteiger partial charge in [-0.25, -0.2) is 0 Å². The SMILES string of the molecule is CCCC(Br)CCC#N. The van der Waals surface area contributed by atoms with Gasteiger partial charge in [0.05, 0.1) is 6.07 Å². The summed E-state index contributed by atoms with van der Waals surface area (Å²) >= 11 is 3.49. The van der Waals surface area contributed by atoms with Crippen molar-refractivity contribution in [1.82, 2.24) is 0 Å². The Balaban J connectivity index is 3.07. The maximum absolute atomic E-state index is 8.21. The third kappa shape index (κ3) is 5.85. The molecule has 0 aromatic heterocycles. The highest BCUT2D eigenvalue weighted by atomic mass is 79.9. The number of hydrogen-bond acceptors (Lipinski definition) is 1. The zero-order chi connectivity index (χ0) is 7.11. The molecule has 0 N–H and O–H groups in total. The Morgan fingerprint density at radius 2 is 2.22 bits per heavy atom. The fraction of sp³-hybridized carbons (Fsp3) is 0.857. The van der Waals surface area contributed by atoms with E-state index in [-0.39, 0.29) is 0 Å². The molecule has 0 rings (SSSR count). The van der Waals surface area contributed by atoms with E-state index in [1.165, 1.54) is 12.8 Å². The van der Waals surface area contributed by atoms with Crippen molar-refractivity contribution < 1.29 is 0 Å². The van der Waals surface area contributed by atoms with Gasteiger partial charge in [-0.3, -0.25) is 0 Å². The van der Waals surface area contributed by atoms with Gasteiger partial charge in [-0.05, 0) is 12.8 Å². The lowest BCUT2D eigenvalue weighted by Gasteiger charge is -2.02. The predicted octanol–water partition coefficient (Wildman–Crippen LogP) is 2.85. The van der Waals surface area contributed by atoms with Crippen molar-refractivity contribution in [3.05, 3.63) is 0 Å². The Morgan fingerprint density at radius 1 is 1.56 bits per heavy atom. The predicted molar refractivity (Wildman–Crippen MR) is 42.5 cm³/mol. The summed E-state index contributed by atoms with van der Waals surface area (Å²) in [7, 11) is 0. The van der Waals surface area contributed by atoms with E-state index in [1.807, 2.05) is 0 Å². The van der Waals surface area contributed by atoms with Gasteiger partial charge in [-0.2, -0.15) is 5.26 Å². The first kappa shape index (κ1) is 8.97. The third-order valence-corrected chi connectivity index (χ3v) is 2.09. The molecule has 0 radical (unpaired) electrons. The molecule has 0 fully saturated rings. The maximum atomic E-state index is 8.21. The summed E-state index contributed by atoms with van der Waals surface area (Å²) in [4.78, 5) is 0.558. The smallest absolute Gasteiger partial charge is 0.0622 e. The number of hydrogen-bond donors (Lipinski definition) is 0. The van der Waals surface area contributed by atoms with Crippen LogP contribution in [-0.2, 0) is 0 Å². The summed E-state index contributed by atoms with van der Waals surface area (Å²) in [6.45, 7) is 2.15. The van der Waals surface area contributed by atoms with Gasteiger partial charge in [0.2, 0.25) is 0 Å². The molecule has 0 saturated carbocycles. The van der Waals surface area contributed by atoms with Crippen LogP contribution in [-0.4, -0.2) is 4.83 Å². The van der Waals surface area contributed by atoms with Crippen molar-refractivity contribution in [2.24, 2.45) is 0 Å². The summed E-state index contributed by atoms with van der Waals surface area (Å²) in [5, 5.41) is 8.21. The first-order valence-electron chi connectivity index (χ1n) is 3.32. The second kappa shape index (κ2) is 6.10. The second-order valence-corrected chi connectivity index (χ2v) is 3.38. The molecule has 0 aliphatic rings. The van der Waals surface area contributed by atoms with Crippen LogP contribution in [0.5, 0.6) is 0 Å². The lowest BCUT2D eigenvalue weighted by molar-refractivity contribution is 0.704. The molecule has 1 atom stereocenters. The van der Waals surface area contributed by atoms with Crippen molar-refractivity contribution in [2.75, 3.05) is 0 Å². The molecule has 2 heteroatoms. The lowest BCUT2D eigenvalue weighted by Crippen LogP contribution is -1.94. The molecule has 0 spiro atoms.